The lowest BCUT2D eigenvalue weighted by atomic mass is 9.93. The summed E-state index contributed by atoms with van der Waals surface area (Å²) in [5.74, 6) is -0.752. The van der Waals surface area contributed by atoms with Crippen molar-refractivity contribution in [3.05, 3.63) is 103 Å². The molecule has 1 aromatic heterocycles. The van der Waals surface area contributed by atoms with Crippen molar-refractivity contribution in [3.8, 4) is 22.3 Å². The molecule has 1 aliphatic rings. The summed E-state index contributed by atoms with van der Waals surface area (Å²) < 4.78 is 10.9. The van der Waals surface area contributed by atoms with Crippen molar-refractivity contribution in [2.75, 3.05) is 5.32 Å². The largest absolute Gasteiger partial charge is 0.481 e. The van der Waals surface area contributed by atoms with Crippen molar-refractivity contribution < 1.29 is 23.8 Å². The van der Waals surface area contributed by atoms with Gasteiger partial charge in [0.1, 0.15) is 18.6 Å². The van der Waals surface area contributed by atoms with E-state index >= 15 is 0 Å². The summed E-state index contributed by atoms with van der Waals surface area (Å²) >= 11 is 0. The van der Waals surface area contributed by atoms with E-state index in [4.69, 9.17) is 9.15 Å². The molecule has 1 amide bonds. The molecule has 6 heteroatoms. The van der Waals surface area contributed by atoms with E-state index in [-0.39, 0.29) is 6.10 Å². The average molecular weight is 468 g/mol. The molecule has 1 heterocycles. The maximum atomic E-state index is 12.4. The number of carbonyl (C=O) groups is 2. The minimum Gasteiger partial charge on any atom is -0.481 e. The van der Waals surface area contributed by atoms with Crippen LogP contribution in [0.3, 0.4) is 0 Å². The molecule has 6 nitrogen and oxygen atoms in total. The Morgan fingerprint density at radius 3 is 2.09 bits per heavy atom. The molecule has 1 aliphatic carbocycles. The van der Waals surface area contributed by atoms with Gasteiger partial charge in [0.25, 0.3) is 0 Å². The van der Waals surface area contributed by atoms with Crippen LogP contribution in [-0.4, -0.2) is 17.2 Å². The van der Waals surface area contributed by atoms with E-state index in [0.717, 1.165) is 33.4 Å². The van der Waals surface area contributed by atoms with Gasteiger partial charge < -0.3 is 14.3 Å². The lowest BCUT2D eigenvalue weighted by Crippen LogP contribution is -2.19. The molecule has 0 spiro atoms. The summed E-state index contributed by atoms with van der Waals surface area (Å²) in [6.07, 6.45) is 3.50. The highest BCUT2D eigenvalue weighted by atomic mass is 16.6. The number of rotatable bonds is 7. The van der Waals surface area contributed by atoms with E-state index in [9.17, 15) is 14.7 Å². The summed E-state index contributed by atoms with van der Waals surface area (Å²) in [6, 6.07) is 25.2. The Labute approximate surface area is 203 Å². The molecule has 0 radical (unpaired) electrons. The smallest absolute Gasteiger partial charge is 0.412 e. The van der Waals surface area contributed by atoms with Crippen LogP contribution in [0.1, 0.15) is 37.0 Å². The molecular formula is C29H25NO5. The van der Waals surface area contributed by atoms with Crippen LogP contribution >= 0.6 is 0 Å². The number of ether oxygens (including phenoxy) is 1. The average Bonchev–Trinajstić information content (AvgIpc) is 3.58. The van der Waals surface area contributed by atoms with Crippen LogP contribution in [0, 0.1) is 0 Å². The number of carboxylic acid groups (broad SMARTS) is 1. The number of nitrogens with one attached hydrogen (secondary N) is 1. The van der Waals surface area contributed by atoms with Crippen molar-refractivity contribution in [3.63, 3.8) is 0 Å². The van der Waals surface area contributed by atoms with Gasteiger partial charge in [-0.05, 0) is 47.6 Å². The zero-order chi connectivity index (χ0) is 24.4. The van der Waals surface area contributed by atoms with Crippen LogP contribution < -0.4 is 5.32 Å². The molecular weight excluding hydrogens is 442 g/mol. The Bertz CT molecular complexity index is 1340. The van der Waals surface area contributed by atoms with Crippen LogP contribution in [0.15, 0.2) is 95.8 Å². The minimum absolute atomic E-state index is 0.387. The quantitative estimate of drug-likeness (QED) is 0.304. The lowest BCUT2D eigenvalue weighted by Gasteiger charge is -2.14. The molecule has 1 saturated carbocycles. The molecule has 0 bridgehead atoms. The molecule has 0 saturated heterocycles. The van der Waals surface area contributed by atoms with Gasteiger partial charge in [-0.3, -0.25) is 10.1 Å². The van der Waals surface area contributed by atoms with Gasteiger partial charge in [0, 0.05) is 5.56 Å². The first kappa shape index (κ1) is 22.5. The molecule has 1 atom stereocenters. The first-order chi connectivity index (χ1) is 17.0. The summed E-state index contributed by atoms with van der Waals surface area (Å²) in [4.78, 5) is 24.0. The first-order valence-electron chi connectivity index (χ1n) is 11.5. The van der Waals surface area contributed by atoms with Crippen molar-refractivity contribution in [2.45, 2.75) is 31.3 Å². The predicted molar refractivity (Wildman–Crippen MR) is 133 cm³/mol. The number of hydrogen-bond acceptors (Lipinski definition) is 4. The number of carboxylic acids is 1. The van der Waals surface area contributed by atoms with Gasteiger partial charge >= 0.3 is 12.1 Å². The van der Waals surface area contributed by atoms with Crippen molar-refractivity contribution >= 4 is 17.7 Å². The number of amides is 1. The van der Waals surface area contributed by atoms with Crippen LogP contribution in [-0.2, 0) is 14.9 Å². The van der Waals surface area contributed by atoms with Crippen molar-refractivity contribution in [1.82, 2.24) is 0 Å². The third-order valence-corrected chi connectivity index (χ3v) is 6.58. The number of furan rings is 1. The second-order valence-electron chi connectivity index (χ2n) is 8.82. The molecule has 1 unspecified atom stereocenters. The number of hydrogen-bond donors (Lipinski definition) is 2. The number of aliphatic carboxylic acids is 1. The monoisotopic (exact) mass is 467 g/mol. The predicted octanol–water partition coefficient (Wildman–Crippen LogP) is 7.04. The van der Waals surface area contributed by atoms with Crippen LogP contribution in [0.4, 0.5) is 10.5 Å². The number of carbonyl (C=O) groups excluding carboxylic acids is 1. The Hall–Kier alpha value is -4.32. The van der Waals surface area contributed by atoms with E-state index in [1.54, 1.807) is 6.26 Å². The van der Waals surface area contributed by atoms with Crippen LogP contribution in [0.25, 0.3) is 22.3 Å². The maximum Gasteiger partial charge on any atom is 0.412 e. The third-order valence-electron chi connectivity index (χ3n) is 6.58. The molecule has 35 heavy (non-hydrogen) atoms. The van der Waals surface area contributed by atoms with Gasteiger partial charge in [0.15, 0.2) is 0 Å². The molecule has 4 aromatic rings. The van der Waals surface area contributed by atoms with Crippen molar-refractivity contribution in [2.24, 2.45) is 0 Å². The van der Waals surface area contributed by atoms with Crippen LogP contribution in [0.5, 0.6) is 0 Å². The van der Waals surface area contributed by atoms with Gasteiger partial charge in [-0.25, -0.2) is 4.79 Å². The highest BCUT2D eigenvalue weighted by Crippen LogP contribution is 2.48. The van der Waals surface area contributed by atoms with E-state index in [1.165, 1.54) is 6.26 Å². The van der Waals surface area contributed by atoms with Gasteiger partial charge in [-0.15, -0.1) is 0 Å². The first-order valence-corrected chi connectivity index (χ1v) is 11.5. The van der Waals surface area contributed by atoms with E-state index < -0.39 is 17.5 Å². The summed E-state index contributed by atoms with van der Waals surface area (Å²) in [6.45, 7) is 1.82. The Balaban J connectivity index is 1.27. The zero-order valence-corrected chi connectivity index (χ0v) is 19.2. The second-order valence-corrected chi connectivity index (χ2v) is 8.82. The second kappa shape index (κ2) is 9.14. The zero-order valence-electron chi connectivity index (χ0n) is 19.2. The van der Waals surface area contributed by atoms with Gasteiger partial charge in [-0.1, -0.05) is 78.9 Å². The topological polar surface area (TPSA) is 88.8 Å². The maximum absolute atomic E-state index is 12.4. The fourth-order valence-corrected chi connectivity index (χ4v) is 4.28. The van der Waals surface area contributed by atoms with E-state index in [2.05, 4.69) is 5.32 Å². The summed E-state index contributed by atoms with van der Waals surface area (Å²) in [5, 5.41) is 12.3. The van der Waals surface area contributed by atoms with Gasteiger partial charge in [-0.2, -0.15) is 0 Å². The van der Waals surface area contributed by atoms with Crippen molar-refractivity contribution in [1.29, 1.82) is 0 Å². The Kier molecular flexibility index (Phi) is 5.87. The van der Waals surface area contributed by atoms with Gasteiger partial charge in [0.05, 0.1) is 11.1 Å². The highest BCUT2D eigenvalue weighted by Gasteiger charge is 2.51. The molecule has 3 aromatic carbocycles. The Morgan fingerprint density at radius 1 is 0.886 bits per heavy atom. The lowest BCUT2D eigenvalue weighted by molar-refractivity contribution is -0.140. The van der Waals surface area contributed by atoms with Gasteiger partial charge in [0.2, 0.25) is 0 Å². The molecule has 2 N–H and O–H groups in total. The fraction of sp³-hybridized carbons (Fsp3) is 0.172. The standard InChI is InChI=1S/C29H25NO5/c1-19(20-5-3-2-4-6-20)35-28(33)30-26-18-34-17-25(26)23-9-7-21(8-10-23)22-11-13-24(14-12-22)29(15-16-29)27(31)32/h2-14,17-19H,15-16H2,1H3,(H,30,33)(H,31,32). The third kappa shape index (κ3) is 4.55. The molecule has 0 aliphatic heterocycles. The summed E-state index contributed by atoms with van der Waals surface area (Å²) in [5.41, 5.74) is 5.23. The number of benzene rings is 3. The highest BCUT2D eigenvalue weighted by molar-refractivity contribution is 5.91. The number of anilines is 1. The SMILES string of the molecule is CC(OC(=O)Nc1cocc1-c1ccc(-c2ccc(C3(C(=O)O)CC3)cc2)cc1)c1ccccc1. The molecule has 176 valence electrons. The fourth-order valence-electron chi connectivity index (χ4n) is 4.28. The normalized spacial score (nSPS) is 14.7. The molecule has 1 fully saturated rings. The Morgan fingerprint density at radius 2 is 1.49 bits per heavy atom. The van der Waals surface area contributed by atoms with E-state index in [0.29, 0.717) is 18.5 Å². The molecule has 5 rings (SSSR count). The van der Waals surface area contributed by atoms with Crippen LogP contribution in [0.2, 0.25) is 0 Å². The van der Waals surface area contributed by atoms with E-state index in [1.807, 2.05) is 85.8 Å². The minimum atomic E-state index is -0.752. The summed E-state index contributed by atoms with van der Waals surface area (Å²) in [7, 11) is 0.